The summed E-state index contributed by atoms with van der Waals surface area (Å²) in [7, 11) is 0. The number of nitrogens with zero attached hydrogens (tertiary/aromatic N) is 2. The molecule has 0 fully saturated rings. The Morgan fingerprint density at radius 1 is 1.29 bits per heavy atom. The molecule has 0 aliphatic heterocycles. The van der Waals surface area contributed by atoms with E-state index in [1.807, 2.05) is 6.07 Å². The van der Waals surface area contributed by atoms with E-state index in [2.05, 4.69) is 17.1 Å². The van der Waals surface area contributed by atoms with Crippen molar-refractivity contribution in [1.82, 2.24) is 10.1 Å². The van der Waals surface area contributed by atoms with Gasteiger partial charge in [-0.25, -0.2) is 0 Å². The zero-order valence-electron chi connectivity index (χ0n) is 12.5. The second-order valence-corrected chi connectivity index (χ2v) is 5.33. The molecule has 0 bridgehead atoms. The Balaban J connectivity index is 1.96. The minimum Gasteiger partial charge on any atom is -0.508 e. The molecule has 1 atom stereocenters. The Morgan fingerprint density at radius 2 is 2.14 bits per heavy atom. The first kappa shape index (κ1) is 15.5. The number of phenols is 1. The lowest BCUT2D eigenvalue weighted by atomic mass is 9.94. The summed E-state index contributed by atoms with van der Waals surface area (Å²) in [5.74, 6) is 1.99. The van der Waals surface area contributed by atoms with E-state index in [0.717, 1.165) is 31.4 Å². The normalized spacial score (nSPS) is 12.5. The summed E-state index contributed by atoms with van der Waals surface area (Å²) in [6.07, 6.45) is 5.19. The lowest BCUT2D eigenvalue weighted by Gasteiger charge is -2.13. The van der Waals surface area contributed by atoms with Crippen molar-refractivity contribution in [3.63, 3.8) is 0 Å². The van der Waals surface area contributed by atoms with Gasteiger partial charge in [0.05, 0.1) is 0 Å². The van der Waals surface area contributed by atoms with Crippen molar-refractivity contribution in [2.24, 2.45) is 11.7 Å². The minimum absolute atomic E-state index is 0.199. The fourth-order valence-corrected chi connectivity index (χ4v) is 2.52. The second kappa shape index (κ2) is 7.78. The highest BCUT2D eigenvalue weighted by Crippen LogP contribution is 2.22. The van der Waals surface area contributed by atoms with Crippen molar-refractivity contribution >= 4 is 0 Å². The van der Waals surface area contributed by atoms with Gasteiger partial charge in [-0.1, -0.05) is 37.1 Å². The van der Waals surface area contributed by atoms with E-state index >= 15 is 0 Å². The third kappa shape index (κ3) is 4.56. The van der Waals surface area contributed by atoms with E-state index in [9.17, 15) is 5.11 Å². The minimum atomic E-state index is 0.199. The Hall–Kier alpha value is -1.88. The van der Waals surface area contributed by atoms with Crippen LogP contribution in [0.25, 0.3) is 11.4 Å². The van der Waals surface area contributed by atoms with E-state index in [4.69, 9.17) is 10.3 Å². The van der Waals surface area contributed by atoms with E-state index in [1.165, 1.54) is 12.8 Å². The van der Waals surface area contributed by atoms with Crippen LogP contribution in [0.1, 0.15) is 38.5 Å². The van der Waals surface area contributed by atoms with Crippen LogP contribution in [0.5, 0.6) is 5.75 Å². The molecule has 0 aliphatic carbocycles. The number of nitrogens with two attached hydrogens (primary N) is 1. The van der Waals surface area contributed by atoms with Crippen LogP contribution >= 0.6 is 0 Å². The van der Waals surface area contributed by atoms with Crippen LogP contribution < -0.4 is 5.73 Å². The van der Waals surface area contributed by atoms with Gasteiger partial charge in [0, 0.05) is 12.0 Å². The smallest absolute Gasteiger partial charge is 0.226 e. The molecule has 0 saturated heterocycles. The highest BCUT2D eigenvalue weighted by molar-refractivity contribution is 5.56. The van der Waals surface area contributed by atoms with Gasteiger partial charge in [0.15, 0.2) is 0 Å². The second-order valence-electron chi connectivity index (χ2n) is 5.33. The molecule has 114 valence electrons. The van der Waals surface area contributed by atoms with Gasteiger partial charge in [0.2, 0.25) is 11.7 Å². The lowest BCUT2D eigenvalue weighted by Crippen LogP contribution is -2.09. The van der Waals surface area contributed by atoms with Gasteiger partial charge < -0.3 is 15.4 Å². The van der Waals surface area contributed by atoms with E-state index in [0.29, 0.717) is 17.6 Å². The third-order valence-corrected chi connectivity index (χ3v) is 3.61. The molecule has 1 heterocycles. The highest BCUT2D eigenvalue weighted by atomic mass is 16.5. The lowest BCUT2D eigenvalue weighted by molar-refractivity contribution is 0.349. The fraction of sp³-hybridized carbons (Fsp3) is 0.500. The fourth-order valence-electron chi connectivity index (χ4n) is 2.52. The summed E-state index contributed by atoms with van der Waals surface area (Å²) in [5, 5.41) is 13.5. The van der Waals surface area contributed by atoms with Gasteiger partial charge >= 0.3 is 0 Å². The van der Waals surface area contributed by atoms with Gasteiger partial charge in [-0.15, -0.1) is 0 Å². The zero-order chi connectivity index (χ0) is 15.1. The molecule has 5 heteroatoms. The van der Waals surface area contributed by atoms with E-state index < -0.39 is 0 Å². The quantitative estimate of drug-likeness (QED) is 0.779. The molecule has 0 aliphatic rings. The Kier molecular flexibility index (Phi) is 5.75. The number of rotatable bonds is 8. The molecule has 1 aromatic heterocycles. The van der Waals surface area contributed by atoms with Crippen LogP contribution in [-0.4, -0.2) is 21.8 Å². The Morgan fingerprint density at radius 3 is 2.86 bits per heavy atom. The van der Waals surface area contributed by atoms with Crippen LogP contribution in [0.15, 0.2) is 28.8 Å². The largest absolute Gasteiger partial charge is 0.508 e. The molecule has 5 nitrogen and oxygen atoms in total. The molecule has 0 saturated carbocycles. The van der Waals surface area contributed by atoms with Crippen LogP contribution in [0, 0.1) is 5.92 Å². The molecule has 1 unspecified atom stereocenters. The SMILES string of the molecule is CCCC(CCN)CCc1nc(-c2cccc(O)c2)no1. The summed E-state index contributed by atoms with van der Waals surface area (Å²) in [5.41, 5.74) is 6.41. The van der Waals surface area contributed by atoms with Gasteiger partial charge in [-0.2, -0.15) is 4.98 Å². The molecule has 0 spiro atoms. The third-order valence-electron chi connectivity index (χ3n) is 3.61. The molecule has 2 rings (SSSR count). The number of hydrogen-bond donors (Lipinski definition) is 2. The number of hydrogen-bond acceptors (Lipinski definition) is 5. The maximum Gasteiger partial charge on any atom is 0.226 e. The van der Waals surface area contributed by atoms with Crippen molar-refractivity contribution in [3.05, 3.63) is 30.2 Å². The maximum atomic E-state index is 9.48. The average molecular weight is 289 g/mol. The number of benzene rings is 1. The van der Waals surface area contributed by atoms with Crippen LogP contribution in [0.3, 0.4) is 0 Å². The topological polar surface area (TPSA) is 85.2 Å². The summed E-state index contributed by atoms with van der Waals surface area (Å²) < 4.78 is 5.29. The number of aromatic hydroxyl groups is 1. The molecule has 1 aromatic carbocycles. The van der Waals surface area contributed by atoms with Gasteiger partial charge in [0.25, 0.3) is 0 Å². The first-order chi connectivity index (χ1) is 10.2. The van der Waals surface area contributed by atoms with Crippen molar-refractivity contribution in [2.45, 2.75) is 39.0 Å². The molecular formula is C16H23N3O2. The zero-order valence-corrected chi connectivity index (χ0v) is 12.5. The van der Waals surface area contributed by atoms with E-state index in [-0.39, 0.29) is 5.75 Å². The van der Waals surface area contributed by atoms with Gasteiger partial charge in [-0.3, -0.25) is 0 Å². The van der Waals surface area contributed by atoms with Crippen LogP contribution in [0.2, 0.25) is 0 Å². The molecule has 0 amide bonds. The summed E-state index contributed by atoms with van der Waals surface area (Å²) in [6.45, 7) is 2.92. The standard InChI is InChI=1S/C16H23N3O2/c1-2-4-12(9-10-17)7-8-15-18-16(19-21-15)13-5-3-6-14(20)11-13/h3,5-6,11-12,20H,2,4,7-10,17H2,1H3. The molecule has 21 heavy (non-hydrogen) atoms. The van der Waals surface area contributed by atoms with Crippen molar-refractivity contribution in [1.29, 1.82) is 0 Å². The molecule has 2 aromatic rings. The molecule has 3 N–H and O–H groups in total. The average Bonchev–Trinajstić information content (AvgIpc) is 2.94. The highest BCUT2D eigenvalue weighted by Gasteiger charge is 2.12. The van der Waals surface area contributed by atoms with Gasteiger partial charge in [-0.05, 0) is 37.4 Å². The molecule has 0 radical (unpaired) electrons. The van der Waals surface area contributed by atoms with E-state index in [1.54, 1.807) is 18.2 Å². The summed E-state index contributed by atoms with van der Waals surface area (Å²) in [4.78, 5) is 4.39. The predicted octanol–water partition coefficient (Wildman–Crippen LogP) is 3.14. The Labute approximate surface area is 125 Å². The number of aromatic nitrogens is 2. The number of phenolic OH excluding ortho intramolecular Hbond substituents is 1. The van der Waals surface area contributed by atoms with Crippen molar-refractivity contribution in [3.8, 4) is 17.1 Å². The summed E-state index contributed by atoms with van der Waals surface area (Å²) >= 11 is 0. The van der Waals surface area contributed by atoms with Gasteiger partial charge in [0.1, 0.15) is 5.75 Å². The van der Waals surface area contributed by atoms with Crippen molar-refractivity contribution < 1.29 is 9.63 Å². The van der Waals surface area contributed by atoms with Crippen LogP contribution in [-0.2, 0) is 6.42 Å². The first-order valence-electron chi connectivity index (χ1n) is 7.55. The van der Waals surface area contributed by atoms with Crippen LogP contribution in [0.4, 0.5) is 0 Å². The Bertz CT molecular complexity index is 548. The monoisotopic (exact) mass is 289 g/mol. The summed E-state index contributed by atoms with van der Waals surface area (Å²) in [6, 6.07) is 6.86. The molecular weight excluding hydrogens is 266 g/mol. The van der Waals surface area contributed by atoms with Crippen molar-refractivity contribution in [2.75, 3.05) is 6.54 Å². The maximum absolute atomic E-state index is 9.48. The predicted molar refractivity (Wildman–Crippen MR) is 81.8 cm³/mol. The first-order valence-corrected chi connectivity index (χ1v) is 7.55. The number of aryl methyl sites for hydroxylation is 1.